The third-order valence-corrected chi connectivity index (χ3v) is 3.39. The lowest BCUT2D eigenvalue weighted by Gasteiger charge is -2.17. The number of allylic oxidation sites excluding steroid dienone is 1. The molecule has 102 valence electrons. The molecule has 2 N–H and O–H groups in total. The van der Waals surface area contributed by atoms with Gasteiger partial charge in [-0.25, -0.2) is 0 Å². The number of H-pyrrole nitrogens is 1. The summed E-state index contributed by atoms with van der Waals surface area (Å²) >= 11 is 0. The minimum Gasteiger partial charge on any atom is -0.381 e. The zero-order valence-corrected chi connectivity index (χ0v) is 12.4. The SMILES string of the molecule is C=C(CCC)c1c[nH]c(C)c1NC(C)CCCC. The Hall–Kier alpha value is -1.18. The Labute approximate surface area is 112 Å². The first-order chi connectivity index (χ1) is 8.60. The summed E-state index contributed by atoms with van der Waals surface area (Å²) in [5.41, 5.74) is 4.95. The molecule has 0 radical (unpaired) electrons. The van der Waals surface area contributed by atoms with Gasteiger partial charge in [-0.15, -0.1) is 0 Å². The van der Waals surface area contributed by atoms with Gasteiger partial charge < -0.3 is 10.3 Å². The minimum atomic E-state index is 0.521. The van der Waals surface area contributed by atoms with Gasteiger partial charge in [0.05, 0.1) is 5.69 Å². The van der Waals surface area contributed by atoms with Crippen LogP contribution in [0.1, 0.15) is 64.1 Å². The van der Waals surface area contributed by atoms with Crippen LogP contribution in [-0.2, 0) is 0 Å². The van der Waals surface area contributed by atoms with Gasteiger partial charge in [0.15, 0.2) is 0 Å². The van der Waals surface area contributed by atoms with Crippen LogP contribution in [0.15, 0.2) is 12.8 Å². The van der Waals surface area contributed by atoms with Crippen molar-refractivity contribution in [3.63, 3.8) is 0 Å². The molecule has 0 aliphatic carbocycles. The molecule has 0 amide bonds. The molecule has 0 aromatic carbocycles. The quantitative estimate of drug-likeness (QED) is 0.656. The molecule has 0 bridgehead atoms. The molecule has 0 saturated carbocycles. The normalized spacial score (nSPS) is 12.4. The average molecular weight is 248 g/mol. The van der Waals surface area contributed by atoms with Gasteiger partial charge in [0.2, 0.25) is 0 Å². The summed E-state index contributed by atoms with van der Waals surface area (Å²) in [5, 5.41) is 3.64. The zero-order valence-electron chi connectivity index (χ0n) is 12.4. The summed E-state index contributed by atoms with van der Waals surface area (Å²) in [7, 11) is 0. The van der Waals surface area contributed by atoms with Gasteiger partial charge in [-0.1, -0.05) is 39.7 Å². The van der Waals surface area contributed by atoms with E-state index in [2.05, 4.69) is 50.8 Å². The third kappa shape index (κ3) is 3.94. The highest BCUT2D eigenvalue weighted by Gasteiger charge is 2.12. The van der Waals surface area contributed by atoms with Gasteiger partial charge in [-0.3, -0.25) is 0 Å². The van der Waals surface area contributed by atoms with Crippen LogP contribution in [0.5, 0.6) is 0 Å². The maximum atomic E-state index is 4.20. The van der Waals surface area contributed by atoms with Crippen molar-refractivity contribution in [2.75, 3.05) is 5.32 Å². The first kappa shape index (κ1) is 14.9. The zero-order chi connectivity index (χ0) is 13.5. The standard InChI is InChI=1S/C16H28N2/c1-6-8-10-13(4)18-16-14(5)17-11-15(16)12(3)9-7-2/h11,13,17-18H,3,6-10H2,1-2,4-5H3. The molecular formula is C16H28N2. The largest absolute Gasteiger partial charge is 0.381 e. The van der Waals surface area contributed by atoms with Crippen LogP contribution in [0, 0.1) is 6.92 Å². The van der Waals surface area contributed by atoms with E-state index in [9.17, 15) is 0 Å². The fraction of sp³-hybridized carbons (Fsp3) is 0.625. The molecule has 1 unspecified atom stereocenters. The Morgan fingerprint density at radius 1 is 1.39 bits per heavy atom. The van der Waals surface area contributed by atoms with Gasteiger partial charge >= 0.3 is 0 Å². The molecular weight excluding hydrogens is 220 g/mol. The number of unbranched alkanes of at least 4 members (excludes halogenated alkanes) is 1. The number of anilines is 1. The molecule has 1 rings (SSSR count). The number of aromatic nitrogens is 1. The van der Waals surface area contributed by atoms with Gasteiger partial charge in [-0.2, -0.15) is 0 Å². The highest BCUT2D eigenvalue weighted by atomic mass is 14.9. The Morgan fingerprint density at radius 2 is 2.11 bits per heavy atom. The van der Waals surface area contributed by atoms with Crippen LogP contribution in [0.4, 0.5) is 5.69 Å². The topological polar surface area (TPSA) is 27.8 Å². The van der Waals surface area contributed by atoms with Gasteiger partial charge in [0.25, 0.3) is 0 Å². The van der Waals surface area contributed by atoms with Crippen molar-refractivity contribution >= 4 is 11.3 Å². The van der Waals surface area contributed by atoms with Crippen molar-refractivity contribution in [1.82, 2.24) is 4.98 Å². The summed E-state index contributed by atoms with van der Waals surface area (Å²) in [6.07, 6.45) is 8.06. The predicted octanol–water partition coefficient (Wildman–Crippen LogP) is 5.13. The van der Waals surface area contributed by atoms with E-state index in [0.717, 1.165) is 12.8 Å². The molecule has 0 saturated heterocycles. The van der Waals surface area contributed by atoms with Crippen LogP contribution in [0.3, 0.4) is 0 Å². The number of aromatic amines is 1. The maximum Gasteiger partial charge on any atom is 0.0626 e. The van der Waals surface area contributed by atoms with Crippen molar-refractivity contribution < 1.29 is 0 Å². The Balaban J connectivity index is 2.74. The molecule has 1 aromatic rings. The van der Waals surface area contributed by atoms with E-state index >= 15 is 0 Å². The lowest BCUT2D eigenvalue weighted by atomic mass is 10.0. The molecule has 18 heavy (non-hydrogen) atoms. The van der Waals surface area contributed by atoms with Crippen molar-refractivity contribution in [2.45, 2.75) is 65.8 Å². The second kappa shape index (κ2) is 7.30. The monoisotopic (exact) mass is 248 g/mol. The van der Waals surface area contributed by atoms with Crippen LogP contribution in [-0.4, -0.2) is 11.0 Å². The number of nitrogens with one attached hydrogen (secondary N) is 2. The van der Waals surface area contributed by atoms with E-state index in [4.69, 9.17) is 0 Å². The third-order valence-electron chi connectivity index (χ3n) is 3.39. The first-order valence-corrected chi connectivity index (χ1v) is 7.22. The molecule has 0 spiro atoms. The lowest BCUT2D eigenvalue weighted by Crippen LogP contribution is -2.16. The molecule has 1 atom stereocenters. The van der Waals surface area contributed by atoms with Crippen molar-refractivity contribution in [2.24, 2.45) is 0 Å². The second-order valence-corrected chi connectivity index (χ2v) is 5.24. The fourth-order valence-corrected chi connectivity index (χ4v) is 2.26. The van der Waals surface area contributed by atoms with Crippen molar-refractivity contribution in [1.29, 1.82) is 0 Å². The predicted molar refractivity (Wildman–Crippen MR) is 82.1 cm³/mol. The first-order valence-electron chi connectivity index (χ1n) is 7.22. The summed E-state index contributed by atoms with van der Waals surface area (Å²) < 4.78 is 0. The minimum absolute atomic E-state index is 0.521. The summed E-state index contributed by atoms with van der Waals surface area (Å²) in [5.74, 6) is 0. The van der Waals surface area contributed by atoms with Crippen LogP contribution < -0.4 is 5.32 Å². The Kier molecular flexibility index (Phi) is 6.03. The molecule has 0 fully saturated rings. The highest BCUT2D eigenvalue weighted by molar-refractivity contribution is 5.76. The summed E-state index contributed by atoms with van der Waals surface area (Å²) in [6.45, 7) is 13.0. The number of hydrogen-bond acceptors (Lipinski definition) is 1. The van der Waals surface area contributed by atoms with Gasteiger partial charge in [0.1, 0.15) is 0 Å². The molecule has 0 aliphatic rings. The molecule has 2 nitrogen and oxygen atoms in total. The van der Waals surface area contributed by atoms with Crippen LogP contribution >= 0.6 is 0 Å². The van der Waals surface area contributed by atoms with E-state index in [-0.39, 0.29) is 0 Å². The van der Waals surface area contributed by atoms with E-state index in [1.165, 1.54) is 41.8 Å². The van der Waals surface area contributed by atoms with Crippen LogP contribution in [0.2, 0.25) is 0 Å². The maximum absolute atomic E-state index is 4.20. The molecule has 2 heteroatoms. The molecule has 1 heterocycles. The number of aryl methyl sites for hydroxylation is 1. The van der Waals surface area contributed by atoms with Gasteiger partial charge in [-0.05, 0) is 32.3 Å². The van der Waals surface area contributed by atoms with Gasteiger partial charge in [0, 0.05) is 23.5 Å². The molecule has 0 aliphatic heterocycles. The average Bonchev–Trinajstić information content (AvgIpc) is 2.69. The van der Waals surface area contributed by atoms with Crippen LogP contribution in [0.25, 0.3) is 5.57 Å². The Bertz CT molecular complexity index is 376. The van der Waals surface area contributed by atoms with Crippen molar-refractivity contribution in [3.8, 4) is 0 Å². The number of rotatable bonds is 8. The number of hydrogen-bond donors (Lipinski definition) is 2. The van der Waals surface area contributed by atoms with E-state index in [0.29, 0.717) is 6.04 Å². The lowest BCUT2D eigenvalue weighted by molar-refractivity contribution is 0.644. The smallest absolute Gasteiger partial charge is 0.0626 e. The summed E-state index contributed by atoms with van der Waals surface area (Å²) in [6, 6.07) is 0.521. The van der Waals surface area contributed by atoms with E-state index in [1.807, 2.05) is 0 Å². The molecule has 1 aromatic heterocycles. The van der Waals surface area contributed by atoms with Crippen molar-refractivity contribution in [3.05, 3.63) is 24.0 Å². The fourth-order valence-electron chi connectivity index (χ4n) is 2.26. The van der Waals surface area contributed by atoms with E-state index in [1.54, 1.807) is 0 Å². The summed E-state index contributed by atoms with van der Waals surface area (Å²) in [4.78, 5) is 3.31. The Morgan fingerprint density at radius 3 is 2.72 bits per heavy atom. The van der Waals surface area contributed by atoms with E-state index < -0.39 is 0 Å². The highest BCUT2D eigenvalue weighted by Crippen LogP contribution is 2.29. The second-order valence-electron chi connectivity index (χ2n) is 5.24.